The predicted molar refractivity (Wildman–Crippen MR) is 81.0 cm³/mol. The quantitative estimate of drug-likeness (QED) is 0.673. The second-order valence-corrected chi connectivity index (χ2v) is 4.90. The van der Waals surface area contributed by atoms with Gasteiger partial charge < -0.3 is 20.1 Å². The van der Waals surface area contributed by atoms with Crippen molar-refractivity contribution >= 4 is 11.4 Å². The molecule has 0 fully saturated rings. The zero-order valence-electron chi connectivity index (χ0n) is 12.2. The number of unbranched alkanes of at least 4 members (excludes halogenated alkanes) is 1. The van der Waals surface area contributed by atoms with E-state index in [1.165, 1.54) is 0 Å². The lowest BCUT2D eigenvalue weighted by atomic mass is 10.2. The summed E-state index contributed by atoms with van der Waals surface area (Å²) in [5.41, 5.74) is 2.17. The van der Waals surface area contributed by atoms with Gasteiger partial charge >= 0.3 is 0 Å². The number of rotatable bonds is 9. The molecule has 4 heteroatoms. The monoisotopic (exact) mass is 266 g/mol. The third kappa shape index (κ3) is 6.45. The second kappa shape index (κ2) is 8.77. The predicted octanol–water partition coefficient (Wildman–Crippen LogP) is 2.34. The first-order valence-corrected chi connectivity index (χ1v) is 6.90. The molecule has 0 amide bonds. The van der Waals surface area contributed by atoms with Crippen molar-refractivity contribution in [1.82, 2.24) is 0 Å². The van der Waals surface area contributed by atoms with Crippen molar-refractivity contribution in [3.8, 4) is 0 Å². The minimum Gasteiger partial charge on any atom is -0.389 e. The van der Waals surface area contributed by atoms with Gasteiger partial charge in [0.15, 0.2) is 0 Å². The largest absolute Gasteiger partial charge is 0.389 e. The van der Waals surface area contributed by atoms with Crippen LogP contribution in [0.15, 0.2) is 24.3 Å². The van der Waals surface area contributed by atoms with Crippen LogP contribution < -0.4 is 10.2 Å². The van der Waals surface area contributed by atoms with Crippen molar-refractivity contribution in [2.75, 3.05) is 44.1 Å². The molecule has 4 nitrogen and oxygen atoms in total. The Morgan fingerprint density at radius 1 is 1.26 bits per heavy atom. The fourth-order valence-electron chi connectivity index (χ4n) is 1.64. The molecule has 1 aromatic rings. The van der Waals surface area contributed by atoms with Crippen LogP contribution in [-0.4, -0.2) is 45.1 Å². The van der Waals surface area contributed by atoms with E-state index in [4.69, 9.17) is 4.74 Å². The molecular formula is C15H26N2O2. The molecule has 1 atom stereocenters. The molecule has 0 aliphatic rings. The smallest absolute Gasteiger partial charge is 0.0945 e. The summed E-state index contributed by atoms with van der Waals surface area (Å²) in [6, 6.07) is 8.12. The summed E-state index contributed by atoms with van der Waals surface area (Å²) in [6.45, 7) is 3.75. The van der Waals surface area contributed by atoms with E-state index in [1.54, 1.807) is 0 Å². The minimum atomic E-state index is -0.467. The molecule has 1 aromatic carbocycles. The molecule has 0 aliphatic carbocycles. The van der Waals surface area contributed by atoms with Crippen LogP contribution in [0.25, 0.3) is 0 Å². The number of anilines is 2. The molecule has 108 valence electrons. The van der Waals surface area contributed by atoms with Gasteiger partial charge in [-0.25, -0.2) is 0 Å². The molecule has 0 saturated carbocycles. The van der Waals surface area contributed by atoms with Crippen LogP contribution >= 0.6 is 0 Å². The standard InChI is InChI=1S/C15H26N2O2/c1-4-5-10-19-12-15(18)11-16-13-6-8-14(9-7-13)17(2)3/h6-9,15-16,18H,4-5,10-12H2,1-3H3. The number of hydrogen-bond donors (Lipinski definition) is 2. The van der Waals surface area contributed by atoms with E-state index < -0.39 is 6.10 Å². The van der Waals surface area contributed by atoms with Crippen LogP contribution in [0.2, 0.25) is 0 Å². The lowest BCUT2D eigenvalue weighted by Crippen LogP contribution is -2.25. The average molecular weight is 266 g/mol. The summed E-state index contributed by atoms with van der Waals surface area (Å²) in [5.74, 6) is 0. The van der Waals surface area contributed by atoms with Gasteiger partial charge in [-0.15, -0.1) is 0 Å². The molecule has 0 spiro atoms. The van der Waals surface area contributed by atoms with Gasteiger partial charge in [0.1, 0.15) is 0 Å². The Morgan fingerprint density at radius 2 is 1.95 bits per heavy atom. The Kier molecular flexibility index (Phi) is 7.30. The minimum absolute atomic E-state index is 0.392. The molecule has 2 N–H and O–H groups in total. The van der Waals surface area contributed by atoms with Gasteiger partial charge in [-0.05, 0) is 30.7 Å². The van der Waals surface area contributed by atoms with E-state index in [0.29, 0.717) is 13.2 Å². The van der Waals surface area contributed by atoms with E-state index >= 15 is 0 Å². The molecule has 0 aliphatic heterocycles. The second-order valence-electron chi connectivity index (χ2n) is 4.90. The van der Waals surface area contributed by atoms with Crippen molar-refractivity contribution in [3.63, 3.8) is 0 Å². The number of nitrogens with one attached hydrogen (secondary N) is 1. The average Bonchev–Trinajstić information content (AvgIpc) is 2.42. The summed E-state index contributed by atoms with van der Waals surface area (Å²) >= 11 is 0. The van der Waals surface area contributed by atoms with Gasteiger partial charge in [0.05, 0.1) is 12.7 Å². The summed E-state index contributed by atoms with van der Waals surface area (Å²) in [5, 5.41) is 13.0. The molecular weight excluding hydrogens is 240 g/mol. The Hall–Kier alpha value is -1.26. The molecule has 0 aromatic heterocycles. The van der Waals surface area contributed by atoms with Crippen LogP contribution in [0.5, 0.6) is 0 Å². The molecule has 1 unspecified atom stereocenters. The van der Waals surface area contributed by atoms with Gasteiger partial charge in [0.2, 0.25) is 0 Å². The highest BCUT2D eigenvalue weighted by atomic mass is 16.5. The first kappa shape index (κ1) is 15.8. The lowest BCUT2D eigenvalue weighted by Gasteiger charge is -2.15. The maximum absolute atomic E-state index is 9.76. The molecule has 0 heterocycles. The topological polar surface area (TPSA) is 44.7 Å². The third-order valence-electron chi connectivity index (χ3n) is 2.88. The zero-order valence-corrected chi connectivity index (χ0v) is 12.2. The molecule has 1 rings (SSSR count). The van der Waals surface area contributed by atoms with Crippen LogP contribution in [0, 0.1) is 0 Å². The Labute approximate surface area is 116 Å². The van der Waals surface area contributed by atoms with Crippen molar-refractivity contribution in [2.45, 2.75) is 25.9 Å². The Bertz CT molecular complexity index is 339. The first-order chi connectivity index (χ1) is 9.13. The van der Waals surface area contributed by atoms with E-state index in [9.17, 15) is 5.11 Å². The van der Waals surface area contributed by atoms with Crippen molar-refractivity contribution in [3.05, 3.63) is 24.3 Å². The van der Waals surface area contributed by atoms with Crippen molar-refractivity contribution < 1.29 is 9.84 Å². The van der Waals surface area contributed by atoms with Gasteiger partial charge in [0, 0.05) is 38.6 Å². The van der Waals surface area contributed by atoms with Gasteiger partial charge in [0.25, 0.3) is 0 Å². The molecule has 0 bridgehead atoms. The Morgan fingerprint density at radius 3 is 2.53 bits per heavy atom. The normalized spacial score (nSPS) is 12.2. The Balaban J connectivity index is 2.24. The van der Waals surface area contributed by atoms with Gasteiger partial charge in [-0.3, -0.25) is 0 Å². The highest BCUT2D eigenvalue weighted by Crippen LogP contribution is 2.15. The molecule has 0 saturated heterocycles. The summed E-state index contributed by atoms with van der Waals surface area (Å²) < 4.78 is 5.38. The summed E-state index contributed by atoms with van der Waals surface area (Å²) in [4.78, 5) is 2.06. The summed E-state index contributed by atoms with van der Waals surface area (Å²) in [7, 11) is 4.03. The highest BCUT2D eigenvalue weighted by molar-refractivity contribution is 5.54. The van der Waals surface area contributed by atoms with E-state index in [-0.39, 0.29) is 0 Å². The van der Waals surface area contributed by atoms with Gasteiger partial charge in [-0.1, -0.05) is 13.3 Å². The van der Waals surface area contributed by atoms with E-state index in [1.807, 2.05) is 38.4 Å². The first-order valence-electron chi connectivity index (χ1n) is 6.90. The lowest BCUT2D eigenvalue weighted by molar-refractivity contribution is 0.0422. The van der Waals surface area contributed by atoms with E-state index in [0.717, 1.165) is 30.8 Å². The van der Waals surface area contributed by atoms with Crippen molar-refractivity contribution in [1.29, 1.82) is 0 Å². The summed E-state index contributed by atoms with van der Waals surface area (Å²) in [6.07, 6.45) is 1.70. The van der Waals surface area contributed by atoms with Crippen LogP contribution in [0.1, 0.15) is 19.8 Å². The fourth-order valence-corrected chi connectivity index (χ4v) is 1.64. The fraction of sp³-hybridized carbons (Fsp3) is 0.600. The highest BCUT2D eigenvalue weighted by Gasteiger charge is 2.04. The number of hydrogen-bond acceptors (Lipinski definition) is 4. The zero-order chi connectivity index (χ0) is 14.1. The van der Waals surface area contributed by atoms with Crippen LogP contribution in [0.4, 0.5) is 11.4 Å². The SMILES string of the molecule is CCCCOCC(O)CNc1ccc(N(C)C)cc1. The number of aliphatic hydroxyl groups is 1. The van der Waals surface area contributed by atoms with Crippen molar-refractivity contribution in [2.24, 2.45) is 0 Å². The number of ether oxygens (including phenoxy) is 1. The maximum Gasteiger partial charge on any atom is 0.0945 e. The number of aliphatic hydroxyl groups excluding tert-OH is 1. The van der Waals surface area contributed by atoms with Gasteiger partial charge in [-0.2, -0.15) is 0 Å². The number of nitrogens with zero attached hydrogens (tertiary/aromatic N) is 1. The maximum atomic E-state index is 9.76. The molecule has 19 heavy (non-hydrogen) atoms. The number of benzene rings is 1. The van der Waals surface area contributed by atoms with E-state index in [2.05, 4.69) is 17.1 Å². The van der Waals surface area contributed by atoms with Crippen LogP contribution in [0.3, 0.4) is 0 Å². The van der Waals surface area contributed by atoms with Crippen LogP contribution in [-0.2, 0) is 4.74 Å². The molecule has 0 radical (unpaired) electrons. The third-order valence-corrected chi connectivity index (χ3v) is 2.88.